The van der Waals surface area contributed by atoms with Gasteiger partial charge < -0.3 is 19.4 Å². The number of rotatable bonds is 3. The summed E-state index contributed by atoms with van der Waals surface area (Å²) in [6.07, 6.45) is 3.37. The summed E-state index contributed by atoms with van der Waals surface area (Å²) in [5.41, 5.74) is 7.33. The number of likely N-dealkylation sites (N-methyl/N-ethyl adjacent to an activating group) is 1. The van der Waals surface area contributed by atoms with Crippen LogP contribution in [0.5, 0.6) is 0 Å². The SMILES string of the molecule is CN1CCN(c2ccc3c(c2)cc(Br)c2c4c(ccc23)CC(c2ccc3ccccc3c2N2CCOCC2)CC4)CC1. The van der Waals surface area contributed by atoms with Crippen LogP contribution < -0.4 is 9.80 Å². The largest absolute Gasteiger partial charge is 0.378 e. The fraction of sp³-hybridized carbons (Fsp3) is 0.351. The monoisotopic (exact) mass is 619 g/mol. The molecule has 0 bridgehead atoms. The summed E-state index contributed by atoms with van der Waals surface area (Å²) in [4.78, 5) is 7.53. The van der Waals surface area contributed by atoms with Gasteiger partial charge in [0.2, 0.25) is 0 Å². The van der Waals surface area contributed by atoms with E-state index in [1.807, 2.05) is 0 Å². The van der Waals surface area contributed by atoms with Gasteiger partial charge in [-0.05, 0) is 94.0 Å². The first-order valence-electron chi connectivity index (χ1n) is 15.6. The zero-order valence-electron chi connectivity index (χ0n) is 24.4. The van der Waals surface area contributed by atoms with E-state index in [2.05, 4.69) is 110 Å². The van der Waals surface area contributed by atoms with E-state index >= 15 is 0 Å². The summed E-state index contributed by atoms with van der Waals surface area (Å²) in [6.45, 7) is 7.98. The van der Waals surface area contributed by atoms with Crippen molar-refractivity contribution in [3.8, 4) is 0 Å². The smallest absolute Gasteiger partial charge is 0.0642 e. The molecule has 0 saturated carbocycles. The Morgan fingerprint density at radius 2 is 1.55 bits per heavy atom. The van der Waals surface area contributed by atoms with Gasteiger partial charge in [-0.1, -0.05) is 70.5 Å². The standard InChI is InChI=1S/C37H38BrN3O/c1-39-14-16-40(17-15-39)29-9-13-30-28(23-29)24-35(38)36-31-10-7-27(22-26(31)8-12-34(30)36)33-11-6-25-4-2-3-5-32(25)37(33)41-18-20-42-21-19-41/h2-6,8-9,11-13,23-24,27H,7,10,14-22H2,1H3. The molecular weight excluding hydrogens is 582 g/mol. The van der Waals surface area contributed by atoms with Crippen LogP contribution in [0.3, 0.4) is 0 Å². The highest BCUT2D eigenvalue weighted by atomic mass is 79.9. The van der Waals surface area contributed by atoms with Crippen LogP contribution in [0.15, 0.2) is 77.3 Å². The van der Waals surface area contributed by atoms with Crippen molar-refractivity contribution >= 4 is 59.6 Å². The van der Waals surface area contributed by atoms with E-state index in [9.17, 15) is 0 Å². The Hall–Kier alpha value is -3.12. The summed E-state index contributed by atoms with van der Waals surface area (Å²) in [5.74, 6) is 0.516. The van der Waals surface area contributed by atoms with Crippen LogP contribution in [0.1, 0.15) is 29.0 Å². The Kier molecular flexibility index (Phi) is 6.85. The molecule has 0 N–H and O–H groups in total. The first-order valence-corrected chi connectivity index (χ1v) is 16.4. The molecule has 0 aromatic heterocycles. The first kappa shape index (κ1) is 26.5. The highest BCUT2D eigenvalue weighted by Gasteiger charge is 2.28. The number of hydrogen-bond acceptors (Lipinski definition) is 4. The molecule has 4 nitrogen and oxygen atoms in total. The molecular formula is C37H38BrN3O. The van der Waals surface area contributed by atoms with Gasteiger partial charge in [0, 0.05) is 60.5 Å². The van der Waals surface area contributed by atoms with Crippen LogP contribution in [0.4, 0.5) is 11.4 Å². The number of nitrogens with zero attached hydrogens (tertiary/aromatic N) is 3. The van der Waals surface area contributed by atoms with E-state index < -0.39 is 0 Å². The van der Waals surface area contributed by atoms with Crippen LogP contribution in [0.25, 0.3) is 32.3 Å². The number of hydrogen-bond donors (Lipinski definition) is 0. The van der Waals surface area contributed by atoms with E-state index in [1.54, 1.807) is 0 Å². The predicted molar refractivity (Wildman–Crippen MR) is 181 cm³/mol. The second-order valence-corrected chi connectivity index (χ2v) is 13.3. The molecule has 1 unspecified atom stereocenters. The van der Waals surface area contributed by atoms with Crippen molar-refractivity contribution in [2.24, 2.45) is 0 Å². The molecule has 2 fully saturated rings. The number of aryl methyl sites for hydroxylation is 1. The maximum atomic E-state index is 5.74. The average Bonchev–Trinajstić information content (AvgIpc) is 3.04. The summed E-state index contributed by atoms with van der Waals surface area (Å²) in [6, 6.07) is 27.9. The van der Waals surface area contributed by atoms with Crippen molar-refractivity contribution in [3.63, 3.8) is 0 Å². The quantitative estimate of drug-likeness (QED) is 0.192. The third-order valence-electron chi connectivity index (χ3n) is 10.0. The van der Waals surface area contributed by atoms with Crippen molar-refractivity contribution in [2.75, 3.05) is 69.3 Å². The topological polar surface area (TPSA) is 19.0 Å². The lowest BCUT2D eigenvalue weighted by atomic mass is 9.77. The Labute approximate surface area is 257 Å². The van der Waals surface area contributed by atoms with Gasteiger partial charge in [-0.15, -0.1) is 0 Å². The predicted octanol–water partition coefficient (Wildman–Crippen LogP) is 7.77. The summed E-state index contributed by atoms with van der Waals surface area (Å²) < 4.78 is 6.97. The molecule has 214 valence electrons. The second kappa shape index (κ2) is 10.9. The van der Waals surface area contributed by atoms with E-state index in [1.165, 1.54) is 71.3 Å². The molecule has 42 heavy (non-hydrogen) atoms. The molecule has 0 radical (unpaired) electrons. The molecule has 2 heterocycles. The lowest BCUT2D eigenvalue weighted by molar-refractivity contribution is 0.122. The van der Waals surface area contributed by atoms with Gasteiger partial charge in [0.1, 0.15) is 0 Å². The van der Waals surface area contributed by atoms with Gasteiger partial charge in [-0.3, -0.25) is 0 Å². The zero-order chi connectivity index (χ0) is 28.2. The molecule has 5 aromatic rings. The van der Waals surface area contributed by atoms with Crippen LogP contribution in [-0.4, -0.2) is 64.4 Å². The van der Waals surface area contributed by atoms with Gasteiger partial charge in [0.25, 0.3) is 0 Å². The average molecular weight is 621 g/mol. The van der Waals surface area contributed by atoms with Gasteiger partial charge in [-0.25, -0.2) is 0 Å². The van der Waals surface area contributed by atoms with E-state index in [0.29, 0.717) is 5.92 Å². The molecule has 5 aromatic carbocycles. The minimum absolute atomic E-state index is 0.516. The maximum Gasteiger partial charge on any atom is 0.0642 e. The number of ether oxygens (including phenoxy) is 1. The molecule has 0 spiro atoms. The third-order valence-corrected chi connectivity index (χ3v) is 10.7. The summed E-state index contributed by atoms with van der Waals surface area (Å²) in [5, 5.41) is 8.19. The Balaban J connectivity index is 1.17. The molecule has 3 aliphatic rings. The van der Waals surface area contributed by atoms with Crippen molar-refractivity contribution in [1.82, 2.24) is 4.90 Å². The molecule has 0 amide bonds. The van der Waals surface area contributed by atoms with Crippen molar-refractivity contribution in [2.45, 2.75) is 25.2 Å². The lowest BCUT2D eigenvalue weighted by Gasteiger charge is -2.35. The van der Waals surface area contributed by atoms with Crippen molar-refractivity contribution in [3.05, 3.63) is 94.0 Å². The van der Waals surface area contributed by atoms with Crippen LogP contribution in [0, 0.1) is 0 Å². The van der Waals surface area contributed by atoms with E-state index in [0.717, 1.165) is 65.3 Å². The minimum Gasteiger partial charge on any atom is -0.378 e. The fourth-order valence-electron chi connectivity index (χ4n) is 7.74. The van der Waals surface area contributed by atoms with E-state index in [4.69, 9.17) is 4.74 Å². The second-order valence-electron chi connectivity index (χ2n) is 12.4. The number of piperazine rings is 1. The first-order chi connectivity index (χ1) is 20.6. The lowest BCUT2D eigenvalue weighted by Crippen LogP contribution is -2.44. The molecule has 1 aliphatic carbocycles. The number of benzene rings is 5. The minimum atomic E-state index is 0.516. The molecule has 2 aliphatic heterocycles. The van der Waals surface area contributed by atoms with Crippen molar-refractivity contribution < 1.29 is 4.74 Å². The van der Waals surface area contributed by atoms with Gasteiger partial charge in [0.15, 0.2) is 0 Å². The van der Waals surface area contributed by atoms with Gasteiger partial charge in [0.05, 0.1) is 13.2 Å². The fourth-order valence-corrected chi connectivity index (χ4v) is 8.44. The molecule has 2 saturated heterocycles. The Morgan fingerprint density at radius 3 is 2.40 bits per heavy atom. The third kappa shape index (κ3) is 4.57. The zero-order valence-corrected chi connectivity index (χ0v) is 26.0. The maximum absolute atomic E-state index is 5.74. The summed E-state index contributed by atoms with van der Waals surface area (Å²) in [7, 11) is 2.22. The number of morpholine rings is 1. The number of halogens is 1. The highest BCUT2D eigenvalue weighted by Crippen LogP contribution is 2.45. The number of anilines is 2. The van der Waals surface area contributed by atoms with Gasteiger partial charge in [-0.2, -0.15) is 0 Å². The molecule has 8 rings (SSSR count). The van der Waals surface area contributed by atoms with E-state index in [-0.39, 0.29) is 0 Å². The Bertz CT molecular complexity index is 1800. The highest BCUT2D eigenvalue weighted by molar-refractivity contribution is 9.10. The molecule has 1 atom stereocenters. The van der Waals surface area contributed by atoms with Gasteiger partial charge >= 0.3 is 0 Å². The van der Waals surface area contributed by atoms with Crippen molar-refractivity contribution in [1.29, 1.82) is 0 Å². The normalized spacial score (nSPS) is 20.0. The van der Waals surface area contributed by atoms with Crippen LogP contribution >= 0.6 is 15.9 Å². The number of fused-ring (bicyclic) bond motifs is 6. The van der Waals surface area contributed by atoms with Crippen LogP contribution in [-0.2, 0) is 17.6 Å². The summed E-state index contributed by atoms with van der Waals surface area (Å²) >= 11 is 4.04. The van der Waals surface area contributed by atoms with Crippen LogP contribution in [0.2, 0.25) is 0 Å². The molecule has 5 heteroatoms. The Morgan fingerprint density at radius 1 is 0.738 bits per heavy atom.